The highest BCUT2D eigenvalue weighted by atomic mass is 16.6. The van der Waals surface area contributed by atoms with Gasteiger partial charge in [-0.25, -0.2) is 0 Å². The summed E-state index contributed by atoms with van der Waals surface area (Å²) in [6.07, 6.45) is 0. The molecule has 0 spiro atoms. The van der Waals surface area contributed by atoms with E-state index in [0.717, 1.165) is 17.1 Å². The fourth-order valence-corrected chi connectivity index (χ4v) is 3.01. The van der Waals surface area contributed by atoms with Gasteiger partial charge in [-0.3, -0.25) is 14.9 Å². The van der Waals surface area contributed by atoms with E-state index in [9.17, 15) is 14.9 Å². The molecule has 1 heterocycles. The molecule has 7 heteroatoms. The number of aromatic nitrogens is 1. The molecular formula is C20H20N4O3. The van der Waals surface area contributed by atoms with E-state index >= 15 is 0 Å². The van der Waals surface area contributed by atoms with Gasteiger partial charge in [-0.05, 0) is 62.4 Å². The van der Waals surface area contributed by atoms with Crippen molar-refractivity contribution in [1.29, 1.82) is 0 Å². The lowest BCUT2D eigenvalue weighted by Gasteiger charge is -2.11. The minimum absolute atomic E-state index is 0.140. The van der Waals surface area contributed by atoms with Crippen LogP contribution in [0.25, 0.3) is 5.69 Å². The van der Waals surface area contributed by atoms with Gasteiger partial charge in [-0.2, -0.15) is 0 Å². The van der Waals surface area contributed by atoms with Crippen LogP contribution in [0.5, 0.6) is 0 Å². The van der Waals surface area contributed by atoms with Gasteiger partial charge in [-0.15, -0.1) is 0 Å². The van der Waals surface area contributed by atoms with Gasteiger partial charge in [0.05, 0.1) is 4.92 Å². The second kappa shape index (κ2) is 7.33. The summed E-state index contributed by atoms with van der Waals surface area (Å²) in [7, 11) is 1.60. The number of nitrogens with one attached hydrogen (secondary N) is 2. The number of nitro groups is 1. The Hall–Kier alpha value is -3.61. The Morgan fingerprint density at radius 2 is 1.63 bits per heavy atom. The Kier molecular flexibility index (Phi) is 4.94. The highest BCUT2D eigenvalue weighted by molar-refractivity contribution is 6.05. The Labute approximate surface area is 156 Å². The maximum Gasteiger partial charge on any atom is 0.293 e. The number of amides is 1. The average molecular weight is 364 g/mol. The molecule has 2 N–H and O–H groups in total. The van der Waals surface area contributed by atoms with Crippen LogP contribution in [0.2, 0.25) is 0 Å². The first-order chi connectivity index (χ1) is 12.9. The molecule has 0 saturated carbocycles. The smallest absolute Gasteiger partial charge is 0.293 e. The van der Waals surface area contributed by atoms with Crippen molar-refractivity contribution in [3.63, 3.8) is 0 Å². The summed E-state index contributed by atoms with van der Waals surface area (Å²) < 4.78 is 2.12. The number of carbonyl (C=O) groups excluding carboxylic acids is 1. The molecule has 138 valence electrons. The number of hydrogen-bond donors (Lipinski definition) is 2. The van der Waals surface area contributed by atoms with Crippen molar-refractivity contribution >= 4 is 23.0 Å². The highest BCUT2D eigenvalue weighted by Crippen LogP contribution is 2.26. The largest absolute Gasteiger partial charge is 0.383 e. The summed E-state index contributed by atoms with van der Waals surface area (Å²) in [6.45, 7) is 4.06. The summed E-state index contributed by atoms with van der Waals surface area (Å²) in [4.78, 5) is 23.1. The van der Waals surface area contributed by atoms with Gasteiger partial charge >= 0.3 is 0 Å². The van der Waals surface area contributed by atoms with Crippen molar-refractivity contribution in [1.82, 2.24) is 4.57 Å². The standard InChI is InChI=1S/C20H20N4O3/c1-13-4-5-14(2)23(13)17-9-7-16(8-10-17)22-20(25)15-6-11-18(21-3)19(12-15)24(26)27/h4-12,21H,1-3H3,(H,22,25). The minimum atomic E-state index is -0.515. The van der Waals surface area contributed by atoms with E-state index in [1.807, 2.05) is 50.2 Å². The lowest BCUT2D eigenvalue weighted by molar-refractivity contribution is -0.384. The van der Waals surface area contributed by atoms with Crippen molar-refractivity contribution in [2.75, 3.05) is 17.7 Å². The zero-order valence-corrected chi connectivity index (χ0v) is 15.3. The van der Waals surface area contributed by atoms with Crippen LogP contribution in [-0.2, 0) is 0 Å². The third-order valence-electron chi connectivity index (χ3n) is 4.38. The molecule has 0 unspecified atom stereocenters. The lowest BCUT2D eigenvalue weighted by atomic mass is 10.1. The van der Waals surface area contributed by atoms with Crippen LogP contribution >= 0.6 is 0 Å². The molecule has 1 amide bonds. The quantitative estimate of drug-likeness (QED) is 0.522. The molecule has 27 heavy (non-hydrogen) atoms. The molecule has 0 bridgehead atoms. The molecule has 7 nitrogen and oxygen atoms in total. The van der Waals surface area contributed by atoms with Gasteiger partial charge in [0.2, 0.25) is 0 Å². The Balaban J connectivity index is 1.81. The van der Waals surface area contributed by atoms with Gasteiger partial charge in [0, 0.05) is 41.4 Å². The van der Waals surface area contributed by atoms with Crippen molar-refractivity contribution in [2.45, 2.75) is 13.8 Å². The van der Waals surface area contributed by atoms with Crippen LogP contribution in [-0.4, -0.2) is 22.4 Å². The average Bonchev–Trinajstić information content (AvgIpc) is 3.00. The SMILES string of the molecule is CNc1ccc(C(=O)Nc2ccc(-n3c(C)ccc3C)cc2)cc1[N+](=O)[O-]. The van der Waals surface area contributed by atoms with Crippen LogP contribution in [0, 0.1) is 24.0 Å². The summed E-state index contributed by atoms with van der Waals surface area (Å²) in [5.74, 6) is -0.401. The first-order valence-corrected chi connectivity index (χ1v) is 8.43. The molecule has 0 atom stereocenters. The van der Waals surface area contributed by atoms with Gasteiger partial charge in [0.1, 0.15) is 5.69 Å². The summed E-state index contributed by atoms with van der Waals surface area (Å²) in [5.41, 5.74) is 4.32. The molecule has 2 aromatic carbocycles. The van der Waals surface area contributed by atoms with Gasteiger partial charge in [0.15, 0.2) is 0 Å². The second-order valence-electron chi connectivity index (χ2n) is 6.19. The first-order valence-electron chi connectivity index (χ1n) is 8.43. The van der Waals surface area contributed by atoms with Gasteiger partial charge in [0.25, 0.3) is 11.6 Å². The number of aryl methyl sites for hydroxylation is 2. The second-order valence-corrected chi connectivity index (χ2v) is 6.19. The molecule has 0 fully saturated rings. The normalized spacial score (nSPS) is 10.5. The molecule has 0 radical (unpaired) electrons. The monoisotopic (exact) mass is 364 g/mol. The number of nitro benzene ring substituents is 1. The number of rotatable bonds is 5. The minimum Gasteiger partial charge on any atom is -0.383 e. The topological polar surface area (TPSA) is 89.2 Å². The van der Waals surface area contributed by atoms with E-state index in [1.54, 1.807) is 13.1 Å². The van der Waals surface area contributed by atoms with E-state index in [4.69, 9.17) is 0 Å². The molecule has 3 aromatic rings. The summed E-state index contributed by atoms with van der Waals surface area (Å²) >= 11 is 0. The van der Waals surface area contributed by atoms with Crippen LogP contribution in [0.15, 0.2) is 54.6 Å². The van der Waals surface area contributed by atoms with Crippen LogP contribution in [0.4, 0.5) is 17.1 Å². The molecule has 0 aliphatic heterocycles. The third-order valence-corrected chi connectivity index (χ3v) is 4.38. The molecule has 1 aromatic heterocycles. The van der Waals surface area contributed by atoms with Crippen molar-refractivity contribution in [2.24, 2.45) is 0 Å². The Bertz CT molecular complexity index is 987. The lowest BCUT2D eigenvalue weighted by Crippen LogP contribution is -2.12. The fourth-order valence-electron chi connectivity index (χ4n) is 3.01. The summed E-state index contributed by atoms with van der Waals surface area (Å²) in [5, 5.41) is 16.7. The molecule has 0 aliphatic rings. The number of anilines is 2. The molecular weight excluding hydrogens is 344 g/mol. The zero-order valence-electron chi connectivity index (χ0n) is 15.3. The molecule has 0 aliphatic carbocycles. The van der Waals surface area contributed by atoms with E-state index in [2.05, 4.69) is 15.2 Å². The zero-order chi connectivity index (χ0) is 19.6. The first kappa shape index (κ1) is 18.2. The number of carbonyl (C=O) groups is 1. The predicted octanol–water partition coefficient (Wildman–Crippen LogP) is 4.30. The van der Waals surface area contributed by atoms with Crippen molar-refractivity contribution < 1.29 is 9.72 Å². The Morgan fingerprint density at radius 3 is 2.19 bits per heavy atom. The van der Waals surface area contributed by atoms with Gasteiger partial charge in [-0.1, -0.05) is 0 Å². The van der Waals surface area contributed by atoms with Crippen LogP contribution in [0.1, 0.15) is 21.7 Å². The van der Waals surface area contributed by atoms with E-state index < -0.39 is 10.8 Å². The maximum absolute atomic E-state index is 12.5. The third kappa shape index (κ3) is 3.67. The van der Waals surface area contributed by atoms with Crippen LogP contribution < -0.4 is 10.6 Å². The van der Waals surface area contributed by atoms with Crippen LogP contribution in [0.3, 0.4) is 0 Å². The van der Waals surface area contributed by atoms with E-state index in [0.29, 0.717) is 11.4 Å². The predicted molar refractivity (Wildman–Crippen MR) is 106 cm³/mol. The van der Waals surface area contributed by atoms with Crippen molar-refractivity contribution in [3.8, 4) is 5.69 Å². The van der Waals surface area contributed by atoms with Crippen molar-refractivity contribution in [3.05, 3.63) is 81.7 Å². The number of hydrogen-bond acceptors (Lipinski definition) is 4. The maximum atomic E-state index is 12.5. The van der Waals surface area contributed by atoms with E-state index in [1.165, 1.54) is 12.1 Å². The van der Waals surface area contributed by atoms with Gasteiger partial charge < -0.3 is 15.2 Å². The number of nitrogens with zero attached hydrogens (tertiary/aromatic N) is 2. The summed E-state index contributed by atoms with van der Waals surface area (Å²) in [6, 6.07) is 15.9. The molecule has 0 saturated heterocycles. The molecule has 3 rings (SSSR count). The number of benzene rings is 2. The fraction of sp³-hybridized carbons (Fsp3) is 0.150. The Morgan fingerprint density at radius 1 is 1.00 bits per heavy atom. The van der Waals surface area contributed by atoms with E-state index in [-0.39, 0.29) is 11.3 Å². The highest BCUT2D eigenvalue weighted by Gasteiger charge is 2.17.